The van der Waals surface area contributed by atoms with Crippen LogP contribution in [-0.2, 0) is 4.79 Å². The highest BCUT2D eigenvalue weighted by Gasteiger charge is 2.27. The molecule has 1 aromatic rings. The predicted molar refractivity (Wildman–Crippen MR) is 86.3 cm³/mol. The van der Waals surface area contributed by atoms with Crippen molar-refractivity contribution in [1.29, 1.82) is 0 Å². The molecule has 126 valence electrons. The molecule has 2 unspecified atom stereocenters. The van der Waals surface area contributed by atoms with Gasteiger partial charge in [-0.2, -0.15) is 0 Å². The van der Waals surface area contributed by atoms with Crippen LogP contribution in [-0.4, -0.2) is 41.9 Å². The summed E-state index contributed by atoms with van der Waals surface area (Å²) in [5, 5.41) is 2.98. The Balaban J connectivity index is 1.88. The van der Waals surface area contributed by atoms with E-state index in [0.717, 1.165) is 0 Å². The molecule has 6 heteroatoms. The van der Waals surface area contributed by atoms with Gasteiger partial charge in [0.05, 0.1) is 5.56 Å². The first-order valence-electron chi connectivity index (χ1n) is 8.00. The molecule has 1 aliphatic heterocycles. The zero-order valence-electron chi connectivity index (χ0n) is 13.6. The van der Waals surface area contributed by atoms with Gasteiger partial charge in [-0.15, -0.1) is 0 Å². The van der Waals surface area contributed by atoms with Crippen molar-refractivity contribution in [2.75, 3.05) is 13.1 Å². The molecule has 2 rings (SSSR count). The van der Waals surface area contributed by atoms with Gasteiger partial charge in [0, 0.05) is 31.1 Å². The van der Waals surface area contributed by atoms with Gasteiger partial charge in [0.1, 0.15) is 5.82 Å². The van der Waals surface area contributed by atoms with E-state index in [9.17, 15) is 14.0 Å². The van der Waals surface area contributed by atoms with Crippen LogP contribution in [0.25, 0.3) is 0 Å². The summed E-state index contributed by atoms with van der Waals surface area (Å²) in [6.07, 6.45) is 1.33. The molecule has 23 heavy (non-hydrogen) atoms. The normalized spacial score (nSPS) is 18.3. The molecule has 0 radical (unpaired) electrons. The number of nitrogens with one attached hydrogen (secondary N) is 1. The predicted octanol–water partition coefficient (Wildman–Crippen LogP) is 1.53. The molecule has 1 saturated heterocycles. The van der Waals surface area contributed by atoms with Gasteiger partial charge in [0.2, 0.25) is 5.91 Å². The number of carbonyl (C=O) groups excluding carboxylic acids is 2. The molecule has 0 aromatic heterocycles. The zero-order chi connectivity index (χ0) is 17.0. The lowest BCUT2D eigenvalue weighted by molar-refractivity contribution is -0.125. The maximum absolute atomic E-state index is 13.7. The van der Waals surface area contributed by atoms with E-state index in [2.05, 4.69) is 5.32 Å². The largest absolute Gasteiger partial charge is 0.353 e. The third kappa shape index (κ3) is 4.28. The highest BCUT2D eigenvalue weighted by atomic mass is 19.1. The number of carbonyl (C=O) groups is 2. The molecule has 5 nitrogen and oxygen atoms in total. The number of likely N-dealkylation sites (tertiary alicyclic amines) is 1. The van der Waals surface area contributed by atoms with E-state index in [4.69, 9.17) is 5.73 Å². The van der Waals surface area contributed by atoms with Gasteiger partial charge in [0.25, 0.3) is 5.91 Å². The molecule has 2 atom stereocenters. The number of rotatable bonds is 4. The molecule has 0 bridgehead atoms. The van der Waals surface area contributed by atoms with Crippen molar-refractivity contribution in [3.05, 3.63) is 35.6 Å². The van der Waals surface area contributed by atoms with Crippen LogP contribution in [0.15, 0.2) is 24.3 Å². The van der Waals surface area contributed by atoms with Crippen LogP contribution < -0.4 is 11.1 Å². The average Bonchev–Trinajstić information content (AvgIpc) is 2.54. The summed E-state index contributed by atoms with van der Waals surface area (Å²) >= 11 is 0. The van der Waals surface area contributed by atoms with Gasteiger partial charge in [-0.05, 0) is 31.9 Å². The number of piperidine rings is 1. The summed E-state index contributed by atoms with van der Waals surface area (Å²) in [6, 6.07) is 5.84. The van der Waals surface area contributed by atoms with Crippen molar-refractivity contribution in [2.45, 2.75) is 38.8 Å². The van der Waals surface area contributed by atoms with Crippen LogP contribution in [0.3, 0.4) is 0 Å². The number of halogens is 1. The Labute approximate surface area is 136 Å². The zero-order valence-corrected chi connectivity index (χ0v) is 13.6. The maximum Gasteiger partial charge on any atom is 0.256 e. The lowest BCUT2D eigenvalue weighted by Crippen LogP contribution is -2.49. The number of hydrogen-bond acceptors (Lipinski definition) is 3. The summed E-state index contributed by atoms with van der Waals surface area (Å²) in [7, 11) is 0. The van der Waals surface area contributed by atoms with E-state index >= 15 is 0 Å². The Hall–Kier alpha value is -1.95. The molecule has 2 amide bonds. The average molecular weight is 321 g/mol. The number of nitrogens with zero attached hydrogens (tertiary/aromatic N) is 1. The second kappa shape index (κ2) is 7.55. The highest BCUT2D eigenvalue weighted by Crippen LogP contribution is 2.16. The molecule has 1 aromatic carbocycles. The standard InChI is InChI=1S/C17H24FN3O2/c1-11(12(2)19)16(22)20-13-7-9-21(10-8-13)17(23)14-5-3-4-6-15(14)18/h3-6,11-13H,7-10,19H2,1-2H3,(H,20,22). The van der Waals surface area contributed by atoms with Gasteiger partial charge < -0.3 is 16.0 Å². The molecular weight excluding hydrogens is 297 g/mol. The SMILES string of the molecule is CC(N)C(C)C(=O)NC1CCN(C(=O)c2ccccc2F)CC1. The Morgan fingerprint density at radius 3 is 2.43 bits per heavy atom. The second-order valence-electron chi connectivity index (χ2n) is 6.20. The fourth-order valence-corrected chi connectivity index (χ4v) is 2.60. The van der Waals surface area contributed by atoms with Crippen LogP contribution in [0.2, 0.25) is 0 Å². The Bertz CT molecular complexity index is 569. The first-order valence-corrected chi connectivity index (χ1v) is 8.00. The number of benzene rings is 1. The van der Waals surface area contributed by atoms with Crippen molar-refractivity contribution in [2.24, 2.45) is 11.7 Å². The fourth-order valence-electron chi connectivity index (χ4n) is 2.60. The molecule has 0 saturated carbocycles. The van der Waals surface area contributed by atoms with Crippen molar-refractivity contribution >= 4 is 11.8 Å². The Morgan fingerprint density at radius 2 is 1.87 bits per heavy atom. The lowest BCUT2D eigenvalue weighted by Gasteiger charge is -2.33. The maximum atomic E-state index is 13.7. The minimum atomic E-state index is -0.501. The molecular formula is C17H24FN3O2. The van der Waals surface area contributed by atoms with Crippen molar-refractivity contribution < 1.29 is 14.0 Å². The topological polar surface area (TPSA) is 75.4 Å². The molecule has 0 spiro atoms. The summed E-state index contributed by atoms with van der Waals surface area (Å²) in [5.74, 6) is -1.09. The van der Waals surface area contributed by atoms with E-state index in [1.807, 2.05) is 0 Å². The van der Waals surface area contributed by atoms with E-state index in [1.165, 1.54) is 12.1 Å². The molecule has 1 fully saturated rings. The number of nitrogens with two attached hydrogens (primary N) is 1. The third-order valence-electron chi connectivity index (χ3n) is 4.44. The number of amides is 2. The fraction of sp³-hybridized carbons (Fsp3) is 0.529. The van der Waals surface area contributed by atoms with E-state index < -0.39 is 5.82 Å². The smallest absolute Gasteiger partial charge is 0.256 e. The molecule has 1 heterocycles. The van der Waals surface area contributed by atoms with Crippen LogP contribution >= 0.6 is 0 Å². The summed E-state index contributed by atoms with van der Waals surface area (Å²) in [6.45, 7) is 4.62. The quantitative estimate of drug-likeness (QED) is 0.883. The van der Waals surface area contributed by atoms with Gasteiger partial charge >= 0.3 is 0 Å². The monoisotopic (exact) mass is 321 g/mol. The molecule has 1 aliphatic rings. The minimum Gasteiger partial charge on any atom is -0.353 e. The number of hydrogen-bond donors (Lipinski definition) is 2. The summed E-state index contributed by atoms with van der Waals surface area (Å²) < 4.78 is 13.7. The summed E-state index contributed by atoms with van der Waals surface area (Å²) in [5.41, 5.74) is 5.83. The van der Waals surface area contributed by atoms with Crippen LogP contribution in [0, 0.1) is 11.7 Å². The van der Waals surface area contributed by atoms with Crippen molar-refractivity contribution in [1.82, 2.24) is 10.2 Å². The minimum absolute atomic E-state index is 0.0355. The second-order valence-corrected chi connectivity index (χ2v) is 6.20. The third-order valence-corrected chi connectivity index (χ3v) is 4.44. The molecule has 0 aliphatic carbocycles. The van der Waals surface area contributed by atoms with Gasteiger partial charge in [0.15, 0.2) is 0 Å². The first kappa shape index (κ1) is 17.4. The first-order chi connectivity index (χ1) is 10.9. The van der Waals surface area contributed by atoms with Crippen molar-refractivity contribution in [3.8, 4) is 0 Å². The Kier molecular flexibility index (Phi) is 5.71. The lowest BCUT2D eigenvalue weighted by atomic mass is 10.00. The van der Waals surface area contributed by atoms with Crippen molar-refractivity contribution in [3.63, 3.8) is 0 Å². The van der Waals surface area contributed by atoms with Crippen LogP contribution in [0.1, 0.15) is 37.0 Å². The van der Waals surface area contributed by atoms with Crippen LogP contribution in [0.5, 0.6) is 0 Å². The van der Waals surface area contributed by atoms with Crippen LogP contribution in [0.4, 0.5) is 4.39 Å². The van der Waals surface area contributed by atoms with Gasteiger partial charge in [-0.3, -0.25) is 9.59 Å². The Morgan fingerprint density at radius 1 is 1.26 bits per heavy atom. The molecule has 3 N–H and O–H groups in total. The van der Waals surface area contributed by atoms with Gasteiger partial charge in [-0.1, -0.05) is 19.1 Å². The van der Waals surface area contributed by atoms with E-state index in [0.29, 0.717) is 25.9 Å². The van der Waals surface area contributed by atoms with Gasteiger partial charge in [-0.25, -0.2) is 4.39 Å². The van der Waals surface area contributed by atoms with E-state index in [1.54, 1.807) is 30.9 Å². The highest BCUT2D eigenvalue weighted by molar-refractivity contribution is 5.94. The van der Waals surface area contributed by atoms with E-state index in [-0.39, 0.29) is 35.4 Å². The summed E-state index contributed by atoms with van der Waals surface area (Å²) in [4.78, 5) is 26.0.